The van der Waals surface area contributed by atoms with Gasteiger partial charge in [0.1, 0.15) is 11.6 Å². The smallest absolute Gasteiger partial charge is 0.227 e. The van der Waals surface area contributed by atoms with E-state index in [1.165, 1.54) is 34.6 Å². The summed E-state index contributed by atoms with van der Waals surface area (Å²) >= 11 is 5.70. The Labute approximate surface area is 167 Å². The summed E-state index contributed by atoms with van der Waals surface area (Å²) in [5.41, 5.74) is 0.501. The predicted octanol–water partition coefficient (Wildman–Crippen LogP) is 3.80. The highest BCUT2D eigenvalue weighted by Gasteiger charge is 2.31. The molecule has 1 aliphatic heterocycles. The van der Waals surface area contributed by atoms with Crippen LogP contribution in [0.15, 0.2) is 42.5 Å². The molecule has 1 aliphatic rings. The molecule has 0 radical (unpaired) electrons. The lowest BCUT2D eigenvalue weighted by molar-refractivity contribution is -0.120. The summed E-state index contributed by atoms with van der Waals surface area (Å²) in [6.45, 7) is 0.359. The van der Waals surface area contributed by atoms with Crippen molar-refractivity contribution < 1.29 is 22.0 Å². The van der Waals surface area contributed by atoms with E-state index in [-0.39, 0.29) is 35.5 Å². The summed E-state index contributed by atoms with van der Waals surface area (Å²) in [5.74, 6) is -2.19. The minimum atomic E-state index is -3.67. The molecule has 1 heterocycles. The van der Waals surface area contributed by atoms with Gasteiger partial charge in [0.2, 0.25) is 15.9 Å². The summed E-state index contributed by atoms with van der Waals surface area (Å²) in [4.78, 5) is 12.4. The first-order chi connectivity index (χ1) is 13.3. The van der Waals surface area contributed by atoms with Crippen LogP contribution in [0.3, 0.4) is 0 Å². The van der Waals surface area contributed by atoms with Gasteiger partial charge in [0.05, 0.1) is 10.8 Å². The van der Waals surface area contributed by atoms with Crippen molar-refractivity contribution in [2.24, 2.45) is 5.92 Å². The maximum atomic E-state index is 13.7. The molecule has 2 aromatic carbocycles. The number of rotatable bonds is 5. The molecule has 5 nitrogen and oxygen atoms in total. The third kappa shape index (κ3) is 4.87. The standard InChI is InChI=1S/C19H19ClF2N2O3S/c20-16-11-15(5-6-18(16)22)23-19(25)13-7-9-24(10-8-13)28(26,27)12-14-3-1-2-4-17(14)21/h1-6,11,13H,7-10,12H2,(H,23,25). The Morgan fingerprint density at radius 2 is 1.79 bits per heavy atom. The number of carbonyl (C=O) groups excluding carboxylic acids is 1. The average molecular weight is 429 g/mol. The summed E-state index contributed by atoms with van der Waals surface area (Å²) in [7, 11) is -3.67. The SMILES string of the molecule is O=C(Nc1ccc(F)c(Cl)c1)C1CCN(S(=O)(=O)Cc2ccccc2F)CC1. The lowest BCUT2D eigenvalue weighted by Gasteiger charge is -2.30. The molecule has 1 N–H and O–H groups in total. The quantitative estimate of drug-likeness (QED) is 0.787. The molecule has 1 amide bonds. The summed E-state index contributed by atoms with van der Waals surface area (Å²) in [6, 6.07) is 9.66. The van der Waals surface area contributed by atoms with Crippen LogP contribution in [0, 0.1) is 17.6 Å². The predicted molar refractivity (Wildman–Crippen MR) is 103 cm³/mol. The molecule has 0 saturated carbocycles. The van der Waals surface area contributed by atoms with E-state index in [1.807, 2.05) is 0 Å². The highest BCUT2D eigenvalue weighted by Crippen LogP contribution is 2.25. The van der Waals surface area contributed by atoms with E-state index in [0.717, 1.165) is 6.07 Å². The van der Waals surface area contributed by atoms with E-state index in [1.54, 1.807) is 6.07 Å². The minimum absolute atomic E-state index is 0.0909. The molecule has 1 saturated heterocycles. The van der Waals surface area contributed by atoms with Crippen molar-refractivity contribution in [2.75, 3.05) is 18.4 Å². The number of nitrogens with zero attached hydrogens (tertiary/aromatic N) is 1. The molecule has 0 aliphatic carbocycles. The summed E-state index contributed by atoms with van der Waals surface area (Å²) in [6.07, 6.45) is 0.689. The largest absolute Gasteiger partial charge is 0.326 e. The van der Waals surface area contributed by atoms with E-state index in [9.17, 15) is 22.0 Å². The summed E-state index contributed by atoms with van der Waals surface area (Å²) in [5, 5.41) is 2.58. The molecule has 0 atom stereocenters. The van der Waals surface area contributed by atoms with Gasteiger partial charge in [0.15, 0.2) is 0 Å². The van der Waals surface area contributed by atoms with Gasteiger partial charge >= 0.3 is 0 Å². The number of nitrogens with one attached hydrogen (secondary N) is 1. The highest BCUT2D eigenvalue weighted by atomic mass is 35.5. The fraction of sp³-hybridized carbons (Fsp3) is 0.316. The fourth-order valence-electron chi connectivity index (χ4n) is 3.12. The van der Waals surface area contributed by atoms with Crippen LogP contribution >= 0.6 is 11.6 Å². The van der Waals surface area contributed by atoms with Crippen LogP contribution in [-0.2, 0) is 20.6 Å². The first kappa shape index (κ1) is 20.7. The number of sulfonamides is 1. The average Bonchev–Trinajstić information content (AvgIpc) is 2.66. The number of carbonyl (C=O) groups is 1. The molecule has 28 heavy (non-hydrogen) atoms. The van der Waals surface area contributed by atoms with Gasteiger partial charge in [-0.2, -0.15) is 0 Å². The van der Waals surface area contributed by atoms with Crippen molar-refractivity contribution in [3.63, 3.8) is 0 Å². The van der Waals surface area contributed by atoms with Gasteiger partial charge in [-0.15, -0.1) is 0 Å². The van der Waals surface area contributed by atoms with Gasteiger partial charge in [-0.05, 0) is 37.1 Å². The monoisotopic (exact) mass is 428 g/mol. The number of benzene rings is 2. The molecule has 0 aromatic heterocycles. The number of halogens is 3. The van der Waals surface area contributed by atoms with E-state index in [2.05, 4.69) is 5.32 Å². The molecule has 9 heteroatoms. The second-order valence-electron chi connectivity index (χ2n) is 6.64. The molecule has 3 rings (SSSR count). The molecule has 0 bridgehead atoms. The Kier molecular flexibility index (Phi) is 6.32. The van der Waals surface area contributed by atoms with Crippen molar-refractivity contribution in [1.29, 1.82) is 0 Å². The maximum Gasteiger partial charge on any atom is 0.227 e. The highest BCUT2D eigenvalue weighted by molar-refractivity contribution is 7.88. The number of hydrogen-bond donors (Lipinski definition) is 1. The first-order valence-electron chi connectivity index (χ1n) is 8.73. The van der Waals surface area contributed by atoms with Gasteiger partial charge in [0.25, 0.3) is 0 Å². The number of anilines is 1. The van der Waals surface area contributed by atoms with Crippen LogP contribution in [0.2, 0.25) is 5.02 Å². The summed E-state index contributed by atoms with van der Waals surface area (Å²) < 4.78 is 53.3. The van der Waals surface area contributed by atoms with Gasteiger partial charge in [-0.3, -0.25) is 4.79 Å². The number of piperidine rings is 1. The fourth-order valence-corrected chi connectivity index (χ4v) is 4.88. The third-order valence-corrected chi connectivity index (χ3v) is 6.82. The Morgan fingerprint density at radius 1 is 1.11 bits per heavy atom. The molecular formula is C19H19ClF2N2O3S. The van der Waals surface area contributed by atoms with Crippen molar-refractivity contribution in [1.82, 2.24) is 4.31 Å². The van der Waals surface area contributed by atoms with Gasteiger partial charge in [-0.1, -0.05) is 29.8 Å². The van der Waals surface area contributed by atoms with Gasteiger partial charge < -0.3 is 5.32 Å². The van der Waals surface area contributed by atoms with Crippen molar-refractivity contribution in [2.45, 2.75) is 18.6 Å². The lowest BCUT2D eigenvalue weighted by atomic mass is 9.97. The second-order valence-corrected chi connectivity index (χ2v) is 9.02. The van der Waals surface area contributed by atoms with E-state index < -0.39 is 27.4 Å². The van der Waals surface area contributed by atoms with Crippen molar-refractivity contribution in [3.05, 3.63) is 64.7 Å². The topological polar surface area (TPSA) is 66.5 Å². The first-order valence-corrected chi connectivity index (χ1v) is 10.7. The maximum absolute atomic E-state index is 13.7. The lowest BCUT2D eigenvalue weighted by Crippen LogP contribution is -2.42. The van der Waals surface area contributed by atoms with Gasteiger partial charge in [-0.25, -0.2) is 21.5 Å². The molecule has 1 fully saturated rings. The van der Waals surface area contributed by atoms with Crippen LogP contribution in [0.4, 0.5) is 14.5 Å². The van der Waals surface area contributed by atoms with E-state index >= 15 is 0 Å². The number of amides is 1. The van der Waals surface area contributed by atoms with Gasteiger partial charge in [0, 0.05) is 30.3 Å². The Morgan fingerprint density at radius 3 is 2.43 bits per heavy atom. The molecule has 0 spiro atoms. The zero-order valence-electron chi connectivity index (χ0n) is 14.9. The normalized spacial score (nSPS) is 16.1. The molecular weight excluding hydrogens is 410 g/mol. The van der Waals surface area contributed by atoms with E-state index in [4.69, 9.17) is 11.6 Å². The Bertz CT molecular complexity index is 977. The van der Waals surface area contributed by atoms with Crippen LogP contribution in [0.25, 0.3) is 0 Å². The van der Waals surface area contributed by atoms with Crippen molar-refractivity contribution >= 4 is 33.2 Å². The third-order valence-electron chi connectivity index (χ3n) is 4.70. The number of hydrogen-bond acceptors (Lipinski definition) is 3. The molecule has 150 valence electrons. The molecule has 0 unspecified atom stereocenters. The van der Waals surface area contributed by atoms with Crippen LogP contribution < -0.4 is 5.32 Å². The zero-order chi connectivity index (χ0) is 20.3. The van der Waals surface area contributed by atoms with Crippen LogP contribution in [-0.4, -0.2) is 31.7 Å². The van der Waals surface area contributed by atoms with Crippen LogP contribution in [0.1, 0.15) is 18.4 Å². The zero-order valence-corrected chi connectivity index (χ0v) is 16.4. The van der Waals surface area contributed by atoms with Crippen LogP contribution in [0.5, 0.6) is 0 Å². The Balaban J connectivity index is 1.58. The van der Waals surface area contributed by atoms with Crippen molar-refractivity contribution in [3.8, 4) is 0 Å². The molecule has 2 aromatic rings. The Hall–Kier alpha value is -2.03. The van der Waals surface area contributed by atoms with E-state index in [0.29, 0.717) is 18.5 Å². The second kappa shape index (κ2) is 8.55. The minimum Gasteiger partial charge on any atom is -0.326 e.